The standard InChI is InChI=1S/C25H30FN7O2/c1-16-19(24(30-32(16)5)25(34)31(3)4)11-13-35-21-14-18(26)7-8-20(21)17-6-9-22-28-29-23(10-12-27-2)33(22)15-17/h6-9,14-15,27H,10-13H2,1-5H3. The third-order valence-corrected chi connectivity index (χ3v) is 6.00. The molecule has 0 bridgehead atoms. The topological polar surface area (TPSA) is 89.6 Å². The van der Waals surface area contributed by atoms with Crippen LogP contribution in [0.2, 0.25) is 0 Å². The highest BCUT2D eigenvalue weighted by atomic mass is 19.1. The van der Waals surface area contributed by atoms with Crippen LogP contribution < -0.4 is 10.1 Å². The number of amides is 1. The van der Waals surface area contributed by atoms with Crippen LogP contribution in [0.4, 0.5) is 4.39 Å². The fraction of sp³-hybridized carbons (Fsp3) is 0.360. The van der Waals surface area contributed by atoms with Gasteiger partial charge < -0.3 is 15.0 Å². The molecule has 3 heterocycles. The number of pyridine rings is 1. The van der Waals surface area contributed by atoms with Gasteiger partial charge in [-0.3, -0.25) is 13.9 Å². The number of benzene rings is 1. The minimum atomic E-state index is -0.384. The molecule has 1 amide bonds. The van der Waals surface area contributed by atoms with Crippen LogP contribution in [0.1, 0.15) is 27.6 Å². The highest BCUT2D eigenvalue weighted by Crippen LogP contribution is 2.31. The molecule has 1 aromatic carbocycles. The van der Waals surface area contributed by atoms with Gasteiger partial charge in [-0.1, -0.05) is 0 Å². The number of likely N-dealkylation sites (N-methyl/N-ethyl adjacent to an activating group) is 1. The Morgan fingerprint density at radius 3 is 2.71 bits per heavy atom. The largest absolute Gasteiger partial charge is 0.492 e. The van der Waals surface area contributed by atoms with Crippen LogP contribution in [-0.2, 0) is 19.9 Å². The summed E-state index contributed by atoms with van der Waals surface area (Å²) >= 11 is 0. The van der Waals surface area contributed by atoms with E-state index in [1.54, 1.807) is 24.8 Å². The molecule has 0 saturated carbocycles. The lowest BCUT2D eigenvalue weighted by Gasteiger charge is -2.14. The zero-order valence-corrected chi connectivity index (χ0v) is 20.7. The van der Waals surface area contributed by atoms with Crippen LogP contribution in [0.3, 0.4) is 0 Å². The number of carbonyl (C=O) groups is 1. The quantitative estimate of drug-likeness (QED) is 0.397. The molecule has 0 spiro atoms. The highest BCUT2D eigenvalue weighted by molar-refractivity contribution is 5.93. The summed E-state index contributed by atoms with van der Waals surface area (Å²) in [7, 11) is 7.09. The molecule has 9 nitrogen and oxygen atoms in total. The highest BCUT2D eigenvalue weighted by Gasteiger charge is 2.21. The van der Waals surface area contributed by atoms with Gasteiger partial charge >= 0.3 is 0 Å². The molecule has 184 valence electrons. The van der Waals surface area contributed by atoms with Gasteiger partial charge in [0.1, 0.15) is 17.4 Å². The number of hydrogen-bond donors (Lipinski definition) is 1. The van der Waals surface area contributed by atoms with E-state index in [9.17, 15) is 9.18 Å². The number of carbonyl (C=O) groups excluding carboxylic acids is 1. The molecule has 0 saturated heterocycles. The second-order valence-corrected chi connectivity index (χ2v) is 8.59. The SMILES string of the molecule is CNCCc1nnc2ccc(-c3ccc(F)cc3OCCc3c(C(=O)N(C)C)nn(C)c3C)cn12. The fourth-order valence-corrected chi connectivity index (χ4v) is 3.96. The third kappa shape index (κ3) is 5.02. The molecular formula is C25H30FN7O2. The predicted molar refractivity (Wildman–Crippen MR) is 131 cm³/mol. The Bertz CT molecular complexity index is 1360. The van der Waals surface area contributed by atoms with Crippen LogP contribution in [-0.4, -0.2) is 69.5 Å². The summed E-state index contributed by atoms with van der Waals surface area (Å²) < 4.78 is 23.9. The molecule has 0 aliphatic rings. The van der Waals surface area contributed by atoms with Crippen LogP contribution >= 0.6 is 0 Å². The number of rotatable bonds is 9. The molecule has 0 atom stereocenters. The van der Waals surface area contributed by atoms with Crippen LogP contribution in [0.15, 0.2) is 36.5 Å². The van der Waals surface area contributed by atoms with Crippen molar-refractivity contribution >= 4 is 11.6 Å². The van der Waals surface area contributed by atoms with Gasteiger partial charge in [-0.25, -0.2) is 4.39 Å². The van der Waals surface area contributed by atoms with Crippen molar-refractivity contribution in [1.82, 2.24) is 34.6 Å². The summed E-state index contributed by atoms with van der Waals surface area (Å²) in [6, 6.07) is 8.32. The van der Waals surface area contributed by atoms with Gasteiger partial charge in [0.05, 0.1) is 6.61 Å². The van der Waals surface area contributed by atoms with Crippen molar-refractivity contribution in [3.63, 3.8) is 0 Å². The van der Waals surface area contributed by atoms with E-state index in [2.05, 4.69) is 20.6 Å². The van der Waals surface area contributed by atoms with Gasteiger partial charge in [0.2, 0.25) is 0 Å². The van der Waals surface area contributed by atoms with Crippen LogP contribution in [0, 0.1) is 12.7 Å². The van der Waals surface area contributed by atoms with Crippen molar-refractivity contribution in [3.8, 4) is 16.9 Å². The zero-order valence-electron chi connectivity index (χ0n) is 20.7. The van der Waals surface area contributed by atoms with Gasteiger partial charge in [0.15, 0.2) is 11.3 Å². The number of halogens is 1. The van der Waals surface area contributed by atoms with Gasteiger partial charge in [-0.15, -0.1) is 10.2 Å². The fourth-order valence-electron chi connectivity index (χ4n) is 3.96. The number of aromatic nitrogens is 5. The first-order chi connectivity index (χ1) is 16.8. The maximum atomic E-state index is 14.2. The molecule has 0 radical (unpaired) electrons. The average Bonchev–Trinajstić information content (AvgIpc) is 3.37. The summed E-state index contributed by atoms with van der Waals surface area (Å²) in [5.74, 6) is 0.721. The lowest BCUT2D eigenvalue weighted by Crippen LogP contribution is -2.23. The van der Waals surface area contributed by atoms with E-state index >= 15 is 0 Å². The van der Waals surface area contributed by atoms with Gasteiger partial charge in [0, 0.05) is 75.2 Å². The zero-order chi connectivity index (χ0) is 25.1. The molecule has 0 aliphatic carbocycles. The smallest absolute Gasteiger partial charge is 0.274 e. The van der Waals surface area contributed by atoms with Gasteiger partial charge in [0.25, 0.3) is 5.91 Å². The predicted octanol–water partition coefficient (Wildman–Crippen LogP) is 2.66. The summed E-state index contributed by atoms with van der Waals surface area (Å²) in [4.78, 5) is 14.1. The lowest BCUT2D eigenvalue weighted by atomic mass is 10.1. The molecule has 0 aliphatic heterocycles. The second kappa shape index (κ2) is 10.2. The van der Waals surface area contributed by atoms with E-state index in [-0.39, 0.29) is 18.3 Å². The van der Waals surface area contributed by atoms with Crippen molar-refractivity contribution in [3.05, 3.63) is 65.1 Å². The number of ether oxygens (including phenoxy) is 1. The Morgan fingerprint density at radius 1 is 1.17 bits per heavy atom. The van der Waals surface area contributed by atoms with E-state index in [0.29, 0.717) is 17.9 Å². The molecule has 4 rings (SSSR count). The third-order valence-electron chi connectivity index (χ3n) is 6.00. The molecule has 10 heteroatoms. The first-order valence-electron chi connectivity index (χ1n) is 11.4. The molecular weight excluding hydrogens is 449 g/mol. The normalized spacial score (nSPS) is 11.3. The summed E-state index contributed by atoms with van der Waals surface area (Å²) in [5, 5.41) is 16.0. The Morgan fingerprint density at radius 2 is 1.97 bits per heavy atom. The minimum absolute atomic E-state index is 0.161. The van der Waals surface area contributed by atoms with Crippen molar-refractivity contribution in [2.24, 2.45) is 7.05 Å². The van der Waals surface area contributed by atoms with E-state index in [1.165, 1.54) is 17.0 Å². The van der Waals surface area contributed by atoms with Crippen molar-refractivity contribution < 1.29 is 13.9 Å². The average molecular weight is 480 g/mol. The van der Waals surface area contributed by atoms with Crippen molar-refractivity contribution in [2.75, 3.05) is 34.3 Å². The number of fused-ring (bicyclic) bond motifs is 1. The van der Waals surface area contributed by atoms with E-state index in [0.717, 1.165) is 46.8 Å². The number of nitrogens with one attached hydrogen (secondary N) is 1. The Labute approximate surface area is 203 Å². The molecule has 35 heavy (non-hydrogen) atoms. The molecule has 4 aromatic rings. The summed E-state index contributed by atoms with van der Waals surface area (Å²) in [6.45, 7) is 2.96. The van der Waals surface area contributed by atoms with Crippen LogP contribution in [0.25, 0.3) is 16.8 Å². The van der Waals surface area contributed by atoms with Gasteiger partial charge in [-0.05, 0) is 38.2 Å². The van der Waals surface area contributed by atoms with E-state index < -0.39 is 0 Å². The summed E-state index contributed by atoms with van der Waals surface area (Å²) in [5.41, 5.74) is 4.49. The molecule has 0 fully saturated rings. The van der Waals surface area contributed by atoms with Crippen LogP contribution in [0.5, 0.6) is 5.75 Å². The van der Waals surface area contributed by atoms with Gasteiger partial charge in [-0.2, -0.15) is 5.10 Å². The maximum absolute atomic E-state index is 14.2. The Kier molecular flexibility index (Phi) is 7.11. The minimum Gasteiger partial charge on any atom is -0.492 e. The second-order valence-electron chi connectivity index (χ2n) is 8.59. The monoisotopic (exact) mass is 479 g/mol. The van der Waals surface area contributed by atoms with Crippen molar-refractivity contribution in [1.29, 1.82) is 0 Å². The Balaban J connectivity index is 1.60. The maximum Gasteiger partial charge on any atom is 0.274 e. The molecule has 3 aromatic heterocycles. The van der Waals surface area contributed by atoms with E-state index in [4.69, 9.17) is 4.74 Å². The first-order valence-corrected chi connectivity index (χ1v) is 11.4. The number of hydrogen-bond acceptors (Lipinski definition) is 6. The summed E-state index contributed by atoms with van der Waals surface area (Å²) in [6.07, 6.45) is 3.13. The Hall–Kier alpha value is -3.79. The van der Waals surface area contributed by atoms with Crippen molar-refractivity contribution in [2.45, 2.75) is 19.8 Å². The lowest BCUT2D eigenvalue weighted by molar-refractivity contribution is 0.0820. The number of nitrogens with zero attached hydrogens (tertiary/aromatic N) is 6. The van der Waals surface area contributed by atoms with E-state index in [1.807, 2.05) is 43.7 Å². The number of aryl methyl sites for hydroxylation is 1. The molecule has 0 unspecified atom stereocenters. The molecule has 1 N–H and O–H groups in total. The first kappa shape index (κ1) is 24.3.